The van der Waals surface area contributed by atoms with Gasteiger partial charge in [-0.1, -0.05) is 37.1 Å². The molecule has 1 aliphatic heterocycles. The predicted molar refractivity (Wildman–Crippen MR) is 112 cm³/mol. The summed E-state index contributed by atoms with van der Waals surface area (Å²) in [6.07, 6.45) is 7.19. The van der Waals surface area contributed by atoms with E-state index in [0.717, 1.165) is 44.5 Å². The number of rotatable bonds is 4. The lowest BCUT2D eigenvalue weighted by Gasteiger charge is -2.20. The van der Waals surface area contributed by atoms with Crippen LogP contribution in [0.1, 0.15) is 65.9 Å². The van der Waals surface area contributed by atoms with Gasteiger partial charge in [-0.25, -0.2) is 0 Å². The maximum absolute atomic E-state index is 12.7. The highest BCUT2D eigenvalue weighted by Gasteiger charge is 2.24. The van der Waals surface area contributed by atoms with Crippen molar-refractivity contribution in [2.24, 2.45) is 0 Å². The molecule has 1 atom stereocenters. The molecule has 0 spiro atoms. The summed E-state index contributed by atoms with van der Waals surface area (Å²) in [7, 11) is 0. The average molecular weight is 377 g/mol. The van der Waals surface area contributed by atoms with Crippen LogP contribution in [0.25, 0.3) is 0 Å². The number of benzene rings is 2. The standard InChI is InChI=1S/C24H28N2O2/c27-23(17-20-10-9-18-7-3-4-8-22(18)20)25-21-13-11-19(12-14-21)24(28)26-15-5-1-2-6-16-26/h3-4,7-8,11-14,20H,1-2,5-6,9-10,15-17H2,(H,25,27). The molecule has 4 rings (SSSR count). The van der Waals surface area contributed by atoms with Crippen molar-refractivity contribution in [3.63, 3.8) is 0 Å². The summed E-state index contributed by atoms with van der Waals surface area (Å²) in [6.45, 7) is 1.69. The number of hydrogen-bond acceptors (Lipinski definition) is 2. The summed E-state index contributed by atoms with van der Waals surface area (Å²) in [4.78, 5) is 27.1. The summed E-state index contributed by atoms with van der Waals surface area (Å²) in [5, 5.41) is 2.99. The maximum Gasteiger partial charge on any atom is 0.253 e. The van der Waals surface area contributed by atoms with Gasteiger partial charge >= 0.3 is 0 Å². The van der Waals surface area contributed by atoms with Crippen molar-refractivity contribution in [1.82, 2.24) is 4.90 Å². The third-order valence-electron chi connectivity index (χ3n) is 6.00. The average Bonchev–Trinajstić information content (AvgIpc) is 2.93. The lowest BCUT2D eigenvalue weighted by Crippen LogP contribution is -2.31. The molecule has 0 aromatic heterocycles. The van der Waals surface area contributed by atoms with Crippen LogP contribution < -0.4 is 5.32 Å². The molecule has 1 fully saturated rings. The van der Waals surface area contributed by atoms with Crippen LogP contribution >= 0.6 is 0 Å². The Hall–Kier alpha value is -2.62. The molecule has 4 nitrogen and oxygen atoms in total. The van der Waals surface area contributed by atoms with Gasteiger partial charge in [0.2, 0.25) is 5.91 Å². The zero-order chi connectivity index (χ0) is 19.3. The number of carbonyl (C=O) groups is 2. The topological polar surface area (TPSA) is 49.4 Å². The number of nitrogens with zero attached hydrogens (tertiary/aromatic N) is 1. The Morgan fingerprint density at radius 3 is 2.39 bits per heavy atom. The highest BCUT2D eigenvalue weighted by Crippen LogP contribution is 2.35. The van der Waals surface area contributed by atoms with Gasteiger partial charge in [0.15, 0.2) is 0 Å². The predicted octanol–water partition coefficient (Wildman–Crippen LogP) is 4.76. The molecule has 0 saturated carbocycles. The molecule has 1 heterocycles. The van der Waals surface area contributed by atoms with Gasteiger partial charge in [0, 0.05) is 30.8 Å². The Labute approximate surface area is 166 Å². The van der Waals surface area contributed by atoms with E-state index in [2.05, 4.69) is 29.6 Å². The number of carbonyl (C=O) groups excluding carboxylic acids is 2. The molecule has 0 bridgehead atoms. The molecule has 28 heavy (non-hydrogen) atoms. The number of nitrogens with one attached hydrogen (secondary N) is 1. The first-order chi connectivity index (χ1) is 13.7. The molecule has 1 N–H and O–H groups in total. The molecule has 2 aromatic rings. The monoisotopic (exact) mass is 376 g/mol. The lowest BCUT2D eigenvalue weighted by molar-refractivity contribution is -0.116. The number of aryl methyl sites for hydroxylation is 1. The van der Waals surface area contributed by atoms with Crippen molar-refractivity contribution in [2.45, 2.75) is 50.9 Å². The number of anilines is 1. The molecule has 2 aromatic carbocycles. The molecule has 146 valence electrons. The molecule has 2 amide bonds. The number of likely N-dealkylation sites (tertiary alicyclic amines) is 1. The van der Waals surface area contributed by atoms with Crippen LogP contribution in [0.2, 0.25) is 0 Å². The van der Waals surface area contributed by atoms with Crippen molar-refractivity contribution in [3.05, 3.63) is 65.2 Å². The Morgan fingerprint density at radius 2 is 1.64 bits per heavy atom. The first-order valence-corrected chi connectivity index (χ1v) is 10.5. The van der Waals surface area contributed by atoms with Gasteiger partial charge in [-0.3, -0.25) is 9.59 Å². The van der Waals surface area contributed by atoms with Crippen LogP contribution in [-0.4, -0.2) is 29.8 Å². The molecule has 1 aliphatic carbocycles. The summed E-state index contributed by atoms with van der Waals surface area (Å²) < 4.78 is 0. The van der Waals surface area contributed by atoms with E-state index in [-0.39, 0.29) is 11.8 Å². The molecule has 2 aliphatic rings. The van der Waals surface area contributed by atoms with E-state index in [1.54, 1.807) is 0 Å². The Balaban J connectivity index is 1.34. The third-order valence-corrected chi connectivity index (χ3v) is 6.00. The summed E-state index contributed by atoms with van der Waals surface area (Å²) in [5.74, 6) is 0.440. The van der Waals surface area contributed by atoms with E-state index >= 15 is 0 Å². The highest BCUT2D eigenvalue weighted by molar-refractivity contribution is 5.96. The van der Waals surface area contributed by atoms with E-state index in [0.29, 0.717) is 17.9 Å². The number of hydrogen-bond donors (Lipinski definition) is 1. The Kier molecular flexibility index (Phi) is 5.75. The molecule has 0 radical (unpaired) electrons. The minimum absolute atomic E-state index is 0.0355. The minimum Gasteiger partial charge on any atom is -0.339 e. The van der Waals surface area contributed by atoms with Gasteiger partial charge in [-0.2, -0.15) is 0 Å². The molecular weight excluding hydrogens is 348 g/mol. The third kappa shape index (κ3) is 4.27. The fraction of sp³-hybridized carbons (Fsp3) is 0.417. The Morgan fingerprint density at radius 1 is 0.929 bits per heavy atom. The summed E-state index contributed by atoms with van der Waals surface area (Å²) in [6, 6.07) is 15.8. The second-order valence-corrected chi connectivity index (χ2v) is 7.97. The van der Waals surface area contributed by atoms with E-state index in [9.17, 15) is 9.59 Å². The van der Waals surface area contributed by atoms with E-state index in [1.165, 1.54) is 24.0 Å². The van der Waals surface area contributed by atoms with Crippen molar-refractivity contribution in [1.29, 1.82) is 0 Å². The second kappa shape index (κ2) is 8.59. The molecule has 4 heteroatoms. The van der Waals surface area contributed by atoms with Crippen LogP contribution in [0.5, 0.6) is 0 Å². The first-order valence-electron chi connectivity index (χ1n) is 10.5. The largest absolute Gasteiger partial charge is 0.339 e. The van der Waals surface area contributed by atoms with Crippen LogP contribution in [0.4, 0.5) is 5.69 Å². The fourth-order valence-corrected chi connectivity index (χ4v) is 4.45. The highest BCUT2D eigenvalue weighted by atomic mass is 16.2. The van der Waals surface area contributed by atoms with Gasteiger partial charge in [0.25, 0.3) is 5.91 Å². The summed E-state index contributed by atoms with van der Waals surface area (Å²) in [5.41, 5.74) is 4.14. The van der Waals surface area contributed by atoms with Crippen LogP contribution in [0.15, 0.2) is 48.5 Å². The fourth-order valence-electron chi connectivity index (χ4n) is 4.45. The van der Waals surface area contributed by atoms with Gasteiger partial charge < -0.3 is 10.2 Å². The van der Waals surface area contributed by atoms with Crippen molar-refractivity contribution in [3.8, 4) is 0 Å². The van der Waals surface area contributed by atoms with Crippen molar-refractivity contribution >= 4 is 17.5 Å². The lowest BCUT2D eigenvalue weighted by atomic mass is 9.97. The van der Waals surface area contributed by atoms with Crippen LogP contribution in [0, 0.1) is 0 Å². The normalized spacial score (nSPS) is 19.0. The van der Waals surface area contributed by atoms with Crippen LogP contribution in [-0.2, 0) is 11.2 Å². The van der Waals surface area contributed by atoms with E-state index in [4.69, 9.17) is 0 Å². The smallest absolute Gasteiger partial charge is 0.253 e. The number of amides is 2. The van der Waals surface area contributed by atoms with Gasteiger partial charge in [-0.15, -0.1) is 0 Å². The van der Waals surface area contributed by atoms with Gasteiger partial charge in [0.1, 0.15) is 0 Å². The zero-order valence-corrected chi connectivity index (χ0v) is 16.3. The quantitative estimate of drug-likeness (QED) is 0.836. The molecule has 1 unspecified atom stereocenters. The molecular formula is C24H28N2O2. The molecule has 1 saturated heterocycles. The van der Waals surface area contributed by atoms with Crippen LogP contribution in [0.3, 0.4) is 0 Å². The SMILES string of the molecule is O=C(CC1CCc2ccccc21)Nc1ccc(C(=O)N2CCCCCC2)cc1. The minimum atomic E-state index is 0.0355. The van der Waals surface area contributed by atoms with Crippen molar-refractivity contribution < 1.29 is 9.59 Å². The first kappa shape index (κ1) is 18.7. The number of fused-ring (bicyclic) bond motifs is 1. The zero-order valence-electron chi connectivity index (χ0n) is 16.3. The Bertz CT molecular complexity index is 836. The van der Waals surface area contributed by atoms with Crippen molar-refractivity contribution in [2.75, 3.05) is 18.4 Å². The van der Waals surface area contributed by atoms with Gasteiger partial charge in [-0.05, 0) is 67.0 Å². The maximum atomic E-state index is 12.7. The van der Waals surface area contributed by atoms with Gasteiger partial charge in [0.05, 0.1) is 0 Å². The summed E-state index contributed by atoms with van der Waals surface area (Å²) >= 11 is 0. The second-order valence-electron chi connectivity index (χ2n) is 7.97. The van der Waals surface area contributed by atoms with E-state index < -0.39 is 0 Å². The van der Waals surface area contributed by atoms with E-state index in [1.807, 2.05) is 29.2 Å².